The molecule has 0 aliphatic rings. The zero-order valence-electron chi connectivity index (χ0n) is 18.1. The van der Waals surface area contributed by atoms with Crippen LogP contribution in [0.1, 0.15) is 29.8 Å². The third kappa shape index (κ3) is 5.76. The molecule has 1 amide bonds. The Kier molecular flexibility index (Phi) is 8.59. The van der Waals surface area contributed by atoms with Crippen molar-refractivity contribution in [1.29, 1.82) is 0 Å². The summed E-state index contributed by atoms with van der Waals surface area (Å²) in [5.41, 5.74) is 0.410. The molecule has 0 spiro atoms. The van der Waals surface area contributed by atoms with Crippen molar-refractivity contribution < 1.29 is 31.9 Å². The highest BCUT2D eigenvalue weighted by Crippen LogP contribution is 2.31. The van der Waals surface area contributed by atoms with Gasteiger partial charge < -0.3 is 14.8 Å². The lowest BCUT2D eigenvalue weighted by Crippen LogP contribution is -2.30. The van der Waals surface area contributed by atoms with Crippen LogP contribution < -0.4 is 10.1 Å². The van der Waals surface area contributed by atoms with Crippen molar-refractivity contribution >= 4 is 39.2 Å². The van der Waals surface area contributed by atoms with Crippen molar-refractivity contribution in [2.45, 2.75) is 25.7 Å². The van der Waals surface area contributed by atoms with Gasteiger partial charge in [-0.25, -0.2) is 17.6 Å². The van der Waals surface area contributed by atoms with Crippen molar-refractivity contribution in [1.82, 2.24) is 4.31 Å². The monoisotopic (exact) mass is 486 g/mol. The lowest BCUT2D eigenvalue weighted by Gasteiger charge is -2.18. The molecule has 2 rings (SSSR count). The number of methoxy groups -OCH3 is 1. The van der Waals surface area contributed by atoms with Crippen molar-refractivity contribution in [3.63, 3.8) is 0 Å². The number of halogens is 2. The maximum atomic E-state index is 14.2. The van der Waals surface area contributed by atoms with E-state index >= 15 is 0 Å². The Hall–Kier alpha value is -2.69. The van der Waals surface area contributed by atoms with Crippen LogP contribution in [0.3, 0.4) is 0 Å². The van der Waals surface area contributed by atoms with E-state index in [1.807, 2.05) is 0 Å². The minimum absolute atomic E-state index is 0.212. The molecule has 0 heterocycles. The summed E-state index contributed by atoms with van der Waals surface area (Å²) >= 11 is 6.03. The zero-order valence-corrected chi connectivity index (χ0v) is 19.6. The third-order valence-electron chi connectivity index (χ3n) is 4.59. The van der Waals surface area contributed by atoms with Crippen LogP contribution in [0.5, 0.6) is 5.75 Å². The molecule has 2 aromatic rings. The molecular formula is C21H24ClFN2O6S. The average molecular weight is 487 g/mol. The molecule has 0 fully saturated rings. The van der Waals surface area contributed by atoms with E-state index in [0.29, 0.717) is 22.0 Å². The number of carbonyl (C=O) groups is 2. The third-order valence-corrected chi connectivity index (χ3v) is 7.04. The zero-order chi connectivity index (χ0) is 24.1. The molecule has 11 heteroatoms. The summed E-state index contributed by atoms with van der Waals surface area (Å²) in [7, 11) is -2.50. The van der Waals surface area contributed by atoms with Gasteiger partial charge in [-0.3, -0.25) is 4.79 Å². The quantitative estimate of drug-likeness (QED) is 0.543. The fraction of sp³-hybridized carbons (Fsp3) is 0.333. The van der Waals surface area contributed by atoms with E-state index in [1.54, 1.807) is 26.8 Å². The topological polar surface area (TPSA) is 102 Å². The largest absolute Gasteiger partial charge is 0.495 e. The predicted molar refractivity (Wildman–Crippen MR) is 118 cm³/mol. The summed E-state index contributed by atoms with van der Waals surface area (Å²) in [4.78, 5) is 24.3. The number of benzene rings is 2. The molecule has 174 valence electrons. The number of sulfonamides is 1. The first kappa shape index (κ1) is 25.6. The van der Waals surface area contributed by atoms with E-state index in [-0.39, 0.29) is 18.0 Å². The van der Waals surface area contributed by atoms with Gasteiger partial charge in [0.05, 0.1) is 23.3 Å². The lowest BCUT2D eigenvalue weighted by atomic mass is 10.2. The molecule has 0 radical (unpaired) electrons. The number of hydrogen-bond acceptors (Lipinski definition) is 6. The summed E-state index contributed by atoms with van der Waals surface area (Å²) in [6.45, 7) is 4.76. The maximum absolute atomic E-state index is 14.2. The number of nitrogens with one attached hydrogen (secondary N) is 1. The van der Waals surface area contributed by atoms with Crippen LogP contribution in [-0.4, -0.2) is 51.4 Å². The number of ether oxygens (including phenoxy) is 2. The molecule has 0 unspecified atom stereocenters. The van der Waals surface area contributed by atoms with Crippen molar-refractivity contribution in [2.75, 3.05) is 32.1 Å². The Bertz CT molecular complexity index is 1120. The van der Waals surface area contributed by atoms with E-state index in [4.69, 9.17) is 21.1 Å². The van der Waals surface area contributed by atoms with Crippen LogP contribution in [0, 0.1) is 12.7 Å². The molecule has 0 atom stereocenters. The first-order valence-electron chi connectivity index (χ1n) is 9.65. The molecule has 32 heavy (non-hydrogen) atoms. The van der Waals surface area contributed by atoms with Gasteiger partial charge in [-0.15, -0.1) is 0 Å². The van der Waals surface area contributed by atoms with Crippen LogP contribution in [-0.2, 0) is 19.6 Å². The van der Waals surface area contributed by atoms with E-state index in [2.05, 4.69) is 5.32 Å². The normalized spacial score (nSPS) is 11.3. The number of amides is 1. The van der Waals surface area contributed by atoms with Crippen LogP contribution in [0.4, 0.5) is 10.1 Å². The van der Waals surface area contributed by atoms with E-state index in [1.165, 1.54) is 17.5 Å². The minimum atomic E-state index is -3.91. The van der Waals surface area contributed by atoms with Crippen molar-refractivity contribution in [3.8, 4) is 5.75 Å². The first-order chi connectivity index (χ1) is 15.0. The molecule has 0 saturated heterocycles. The summed E-state index contributed by atoms with van der Waals surface area (Å²) < 4.78 is 50.7. The second-order valence-electron chi connectivity index (χ2n) is 6.66. The van der Waals surface area contributed by atoms with Crippen LogP contribution in [0.15, 0.2) is 35.2 Å². The molecule has 0 bridgehead atoms. The SMILES string of the molecule is CCN(CC)S(=O)(=O)c1ccc(F)c(C(=O)OCC(=O)Nc2cc(C)c(Cl)cc2OC)c1. The van der Waals surface area contributed by atoms with Gasteiger partial charge in [0.25, 0.3) is 5.91 Å². The number of anilines is 1. The average Bonchev–Trinajstić information content (AvgIpc) is 2.75. The Morgan fingerprint density at radius 2 is 1.81 bits per heavy atom. The van der Waals surface area contributed by atoms with Gasteiger partial charge in [-0.2, -0.15) is 4.31 Å². The fourth-order valence-corrected chi connectivity index (χ4v) is 4.50. The standard InChI is InChI=1S/C21H24ClFN2O6S/c1-5-25(6-2)32(28,29)14-7-8-17(23)15(10-14)21(27)31-12-20(26)24-18-9-13(3)16(22)11-19(18)30-4/h7-11H,5-6,12H2,1-4H3,(H,24,26). The molecule has 1 N–H and O–H groups in total. The number of hydrogen-bond donors (Lipinski definition) is 1. The summed E-state index contributed by atoms with van der Waals surface area (Å²) in [5.74, 6) is -2.54. The second-order valence-corrected chi connectivity index (χ2v) is 9.00. The van der Waals surface area contributed by atoms with E-state index in [0.717, 1.165) is 18.2 Å². The Morgan fingerprint density at radius 3 is 2.41 bits per heavy atom. The van der Waals surface area contributed by atoms with Gasteiger partial charge in [0.2, 0.25) is 10.0 Å². The fourth-order valence-electron chi connectivity index (χ4n) is 2.86. The summed E-state index contributed by atoms with van der Waals surface area (Å²) in [6.07, 6.45) is 0. The highest BCUT2D eigenvalue weighted by molar-refractivity contribution is 7.89. The van der Waals surface area contributed by atoms with Crippen molar-refractivity contribution in [2.24, 2.45) is 0 Å². The van der Waals surface area contributed by atoms with Gasteiger partial charge in [0.1, 0.15) is 11.6 Å². The van der Waals surface area contributed by atoms with E-state index < -0.39 is 39.9 Å². The number of nitrogens with zero attached hydrogens (tertiary/aromatic N) is 1. The molecule has 0 aromatic heterocycles. The molecule has 0 aliphatic heterocycles. The van der Waals surface area contributed by atoms with E-state index in [9.17, 15) is 22.4 Å². The Balaban J connectivity index is 2.15. The molecule has 0 saturated carbocycles. The first-order valence-corrected chi connectivity index (χ1v) is 11.5. The highest BCUT2D eigenvalue weighted by atomic mass is 35.5. The minimum Gasteiger partial charge on any atom is -0.495 e. The smallest absolute Gasteiger partial charge is 0.341 e. The summed E-state index contributed by atoms with van der Waals surface area (Å²) in [6, 6.07) is 5.95. The van der Waals surface area contributed by atoms with Gasteiger partial charge in [-0.05, 0) is 36.8 Å². The van der Waals surface area contributed by atoms with Gasteiger partial charge in [-0.1, -0.05) is 25.4 Å². The van der Waals surface area contributed by atoms with Crippen molar-refractivity contribution in [3.05, 3.63) is 52.3 Å². The van der Waals surface area contributed by atoms with Crippen LogP contribution >= 0.6 is 11.6 Å². The van der Waals surface area contributed by atoms with Gasteiger partial charge in [0, 0.05) is 24.2 Å². The highest BCUT2D eigenvalue weighted by Gasteiger charge is 2.25. The number of carbonyl (C=O) groups excluding carboxylic acids is 2. The maximum Gasteiger partial charge on any atom is 0.341 e. The summed E-state index contributed by atoms with van der Waals surface area (Å²) in [5, 5.41) is 2.97. The molecular weight excluding hydrogens is 463 g/mol. The molecule has 2 aromatic carbocycles. The number of esters is 1. The lowest BCUT2D eigenvalue weighted by molar-refractivity contribution is -0.119. The molecule has 8 nitrogen and oxygen atoms in total. The number of rotatable bonds is 9. The van der Waals surface area contributed by atoms with Crippen LogP contribution in [0.2, 0.25) is 5.02 Å². The predicted octanol–water partition coefficient (Wildman–Crippen LogP) is 3.62. The molecule has 0 aliphatic carbocycles. The Morgan fingerprint density at radius 1 is 1.16 bits per heavy atom. The Labute approximate surface area is 191 Å². The van der Waals surface area contributed by atoms with Gasteiger partial charge in [0.15, 0.2) is 6.61 Å². The number of aryl methyl sites for hydroxylation is 1. The van der Waals surface area contributed by atoms with Gasteiger partial charge >= 0.3 is 5.97 Å². The second kappa shape index (κ2) is 10.8. The van der Waals surface area contributed by atoms with Crippen LogP contribution in [0.25, 0.3) is 0 Å².